The molecule has 98 valence electrons. The fraction of sp³-hybridized carbons (Fsp3) is 0.714. The molecule has 0 spiro atoms. The summed E-state index contributed by atoms with van der Waals surface area (Å²) in [6.07, 6.45) is 5.69. The summed E-state index contributed by atoms with van der Waals surface area (Å²) in [7, 11) is 0. The van der Waals surface area contributed by atoms with Gasteiger partial charge in [-0.2, -0.15) is 0 Å². The van der Waals surface area contributed by atoms with Gasteiger partial charge in [0.25, 0.3) is 0 Å². The van der Waals surface area contributed by atoms with Crippen LogP contribution in [0.5, 0.6) is 0 Å². The SMILES string of the molecule is CCc1cnc(C)nc1N1C[C@H](C2CC2)[C@@H](N)C1. The molecule has 0 radical (unpaired) electrons. The maximum Gasteiger partial charge on any atom is 0.135 e. The highest BCUT2D eigenvalue weighted by Gasteiger charge is 2.41. The second-order valence-corrected chi connectivity index (χ2v) is 5.69. The van der Waals surface area contributed by atoms with E-state index in [0.29, 0.717) is 12.0 Å². The maximum absolute atomic E-state index is 6.29. The van der Waals surface area contributed by atoms with Crippen LogP contribution in [0.3, 0.4) is 0 Å². The fourth-order valence-electron chi connectivity index (χ4n) is 3.06. The molecule has 2 atom stereocenters. The van der Waals surface area contributed by atoms with Crippen LogP contribution in [0.2, 0.25) is 0 Å². The Kier molecular flexibility index (Phi) is 2.98. The van der Waals surface area contributed by atoms with Crippen molar-refractivity contribution >= 4 is 5.82 Å². The first-order valence-electron chi connectivity index (χ1n) is 7.02. The molecule has 2 N–H and O–H groups in total. The van der Waals surface area contributed by atoms with E-state index >= 15 is 0 Å². The van der Waals surface area contributed by atoms with E-state index in [-0.39, 0.29) is 0 Å². The third-order valence-corrected chi connectivity index (χ3v) is 4.28. The lowest BCUT2D eigenvalue weighted by molar-refractivity contribution is 0.456. The predicted molar refractivity (Wildman–Crippen MR) is 72.5 cm³/mol. The Bertz CT molecular complexity index is 441. The van der Waals surface area contributed by atoms with E-state index in [1.54, 1.807) is 0 Å². The minimum absolute atomic E-state index is 0.317. The summed E-state index contributed by atoms with van der Waals surface area (Å²) in [5, 5.41) is 0. The monoisotopic (exact) mass is 246 g/mol. The molecule has 0 bridgehead atoms. The van der Waals surface area contributed by atoms with Crippen molar-refractivity contribution in [1.82, 2.24) is 9.97 Å². The van der Waals surface area contributed by atoms with E-state index in [1.807, 2.05) is 13.1 Å². The van der Waals surface area contributed by atoms with Crippen molar-refractivity contribution in [1.29, 1.82) is 0 Å². The zero-order chi connectivity index (χ0) is 12.7. The normalized spacial score (nSPS) is 27.8. The van der Waals surface area contributed by atoms with Crippen LogP contribution in [0.4, 0.5) is 5.82 Å². The number of rotatable bonds is 3. The summed E-state index contributed by atoms with van der Waals surface area (Å²) in [5.41, 5.74) is 7.53. The van der Waals surface area contributed by atoms with Gasteiger partial charge in [-0.3, -0.25) is 0 Å². The molecule has 0 unspecified atom stereocenters. The van der Waals surface area contributed by atoms with Gasteiger partial charge in [-0.05, 0) is 38.0 Å². The Labute approximate surface area is 109 Å². The Morgan fingerprint density at radius 1 is 1.39 bits per heavy atom. The lowest BCUT2D eigenvalue weighted by Crippen LogP contribution is -2.30. The largest absolute Gasteiger partial charge is 0.354 e. The Hall–Kier alpha value is -1.16. The van der Waals surface area contributed by atoms with Crippen molar-refractivity contribution < 1.29 is 0 Å². The number of nitrogens with two attached hydrogens (primary N) is 1. The van der Waals surface area contributed by atoms with Gasteiger partial charge >= 0.3 is 0 Å². The molecule has 1 saturated heterocycles. The second kappa shape index (κ2) is 4.50. The van der Waals surface area contributed by atoms with E-state index in [2.05, 4.69) is 21.8 Å². The number of hydrogen-bond donors (Lipinski definition) is 1. The van der Waals surface area contributed by atoms with Crippen molar-refractivity contribution in [2.45, 2.75) is 39.2 Å². The Morgan fingerprint density at radius 2 is 2.17 bits per heavy atom. The molecule has 2 fully saturated rings. The van der Waals surface area contributed by atoms with Crippen molar-refractivity contribution in [2.24, 2.45) is 17.6 Å². The van der Waals surface area contributed by atoms with Crippen LogP contribution in [0.1, 0.15) is 31.2 Å². The van der Waals surface area contributed by atoms with Gasteiger partial charge in [0, 0.05) is 30.9 Å². The van der Waals surface area contributed by atoms with Crippen molar-refractivity contribution in [3.8, 4) is 0 Å². The number of hydrogen-bond acceptors (Lipinski definition) is 4. The zero-order valence-corrected chi connectivity index (χ0v) is 11.3. The molecule has 1 aliphatic heterocycles. The van der Waals surface area contributed by atoms with Gasteiger partial charge in [0.05, 0.1) is 0 Å². The number of anilines is 1. The Morgan fingerprint density at radius 3 is 2.83 bits per heavy atom. The highest BCUT2D eigenvalue weighted by molar-refractivity contribution is 5.48. The van der Waals surface area contributed by atoms with Gasteiger partial charge in [-0.15, -0.1) is 0 Å². The lowest BCUT2D eigenvalue weighted by Gasteiger charge is -2.20. The van der Waals surface area contributed by atoms with Crippen LogP contribution in [0.25, 0.3) is 0 Å². The van der Waals surface area contributed by atoms with Crippen LogP contribution >= 0.6 is 0 Å². The number of aryl methyl sites for hydroxylation is 2. The standard InChI is InChI=1S/C14H22N4/c1-3-10-6-16-9(2)17-14(10)18-7-12(11-4-5-11)13(15)8-18/h6,11-13H,3-5,7-8,15H2,1-2H3/t12-,13+/m1/s1. The molecule has 4 heteroatoms. The molecule has 4 nitrogen and oxygen atoms in total. The molecule has 1 aromatic heterocycles. The maximum atomic E-state index is 6.29. The van der Waals surface area contributed by atoms with Crippen molar-refractivity contribution in [3.05, 3.63) is 17.6 Å². The predicted octanol–water partition coefficient (Wildman–Crippen LogP) is 1.52. The van der Waals surface area contributed by atoms with Crippen LogP contribution in [-0.4, -0.2) is 29.1 Å². The fourth-order valence-corrected chi connectivity index (χ4v) is 3.06. The summed E-state index contributed by atoms with van der Waals surface area (Å²) in [6, 6.07) is 0.317. The van der Waals surface area contributed by atoms with E-state index in [0.717, 1.165) is 37.1 Å². The molecule has 18 heavy (non-hydrogen) atoms. The molecule has 2 aliphatic rings. The van der Waals surface area contributed by atoms with E-state index < -0.39 is 0 Å². The van der Waals surface area contributed by atoms with Gasteiger partial charge in [-0.1, -0.05) is 6.92 Å². The van der Waals surface area contributed by atoms with Gasteiger partial charge in [0.15, 0.2) is 0 Å². The highest BCUT2D eigenvalue weighted by Crippen LogP contribution is 2.41. The third kappa shape index (κ3) is 2.09. The molecule has 1 saturated carbocycles. The van der Waals surface area contributed by atoms with Crippen LogP contribution < -0.4 is 10.6 Å². The average Bonchev–Trinajstić information content (AvgIpc) is 3.13. The van der Waals surface area contributed by atoms with Crippen molar-refractivity contribution in [2.75, 3.05) is 18.0 Å². The summed E-state index contributed by atoms with van der Waals surface area (Å²) < 4.78 is 0. The van der Waals surface area contributed by atoms with E-state index in [9.17, 15) is 0 Å². The second-order valence-electron chi connectivity index (χ2n) is 5.69. The summed E-state index contributed by atoms with van der Waals surface area (Å²) >= 11 is 0. The van der Waals surface area contributed by atoms with Gasteiger partial charge in [0.1, 0.15) is 11.6 Å². The molecule has 1 aliphatic carbocycles. The summed E-state index contributed by atoms with van der Waals surface area (Å²) in [4.78, 5) is 11.3. The highest BCUT2D eigenvalue weighted by atomic mass is 15.2. The molecule has 0 amide bonds. The van der Waals surface area contributed by atoms with E-state index in [1.165, 1.54) is 18.4 Å². The molecular weight excluding hydrogens is 224 g/mol. The van der Waals surface area contributed by atoms with Crippen LogP contribution in [0, 0.1) is 18.8 Å². The smallest absolute Gasteiger partial charge is 0.135 e. The van der Waals surface area contributed by atoms with Crippen LogP contribution in [0.15, 0.2) is 6.20 Å². The molecular formula is C14H22N4. The number of nitrogens with zero attached hydrogens (tertiary/aromatic N) is 3. The zero-order valence-electron chi connectivity index (χ0n) is 11.3. The summed E-state index contributed by atoms with van der Waals surface area (Å²) in [6.45, 7) is 6.14. The molecule has 1 aromatic rings. The topological polar surface area (TPSA) is 55.0 Å². The first-order valence-corrected chi connectivity index (χ1v) is 7.02. The average molecular weight is 246 g/mol. The molecule has 0 aromatic carbocycles. The third-order valence-electron chi connectivity index (χ3n) is 4.28. The molecule has 3 rings (SSSR count). The first-order chi connectivity index (χ1) is 8.69. The van der Waals surface area contributed by atoms with Gasteiger partial charge < -0.3 is 10.6 Å². The minimum atomic E-state index is 0.317. The molecule has 2 heterocycles. The minimum Gasteiger partial charge on any atom is -0.354 e. The number of aromatic nitrogens is 2. The van der Waals surface area contributed by atoms with E-state index in [4.69, 9.17) is 5.73 Å². The van der Waals surface area contributed by atoms with Gasteiger partial charge in [-0.25, -0.2) is 9.97 Å². The summed E-state index contributed by atoms with van der Waals surface area (Å²) in [5.74, 6) is 3.51. The van der Waals surface area contributed by atoms with Crippen molar-refractivity contribution in [3.63, 3.8) is 0 Å². The van der Waals surface area contributed by atoms with Crippen LogP contribution in [-0.2, 0) is 6.42 Å². The van der Waals surface area contributed by atoms with Gasteiger partial charge in [0.2, 0.25) is 0 Å². The lowest BCUT2D eigenvalue weighted by atomic mass is 9.99. The quantitative estimate of drug-likeness (QED) is 0.878. The first kappa shape index (κ1) is 11.9. The Balaban J connectivity index is 1.84.